The third-order valence-electron chi connectivity index (χ3n) is 7.78. The highest BCUT2D eigenvalue weighted by atomic mass is 35.5. The van der Waals surface area contributed by atoms with E-state index in [0.29, 0.717) is 22.0 Å². The molecule has 2 aromatic carbocycles. The summed E-state index contributed by atoms with van der Waals surface area (Å²) in [6, 6.07) is 20.3. The number of piperidine rings is 1. The van der Waals surface area contributed by atoms with E-state index in [2.05, 4.69) is 46.1 Å². The molecular formula is C31H30Cl2FN5S. The van der Waals surface area contributed by atoms with Crippen molar-refractivity contribution < 1.29 is 4.39 Å². The van der Waals surface area contributed by atoms with E-state index in [0.717, 1.165) is 41.5 Å². The Morgan fingerprint density at radius 2 is 1.68 bits per heavy atom. The summed E-state index contributed by atoms with van der Waals surface area (Å²) < 4.78 is 16.0. The van der Waals surface area contributed by atoms with Gasteiger partial charge in [-0.15, -0.1) is 0 Å². The number of pyridine rings is 1. The quantitative estimate of drug-likeness (QED) is 0.237. The van der Waals surface area contributed by atoms with Gasteiger partial charge in [-0.3, -0.25) is 4.98 Å². The third-order valence-corrected chi connectivity index (χ3v) is 8.69. The SMILES string of the molecule is C[C@@H]1C[C@H](C)CN(c2ccc(N3C(=S)N[C@@H](c4ccccn4)[C@@H]3c3cccn3-c3ccc(F)c(Cl)c3)cc2Cl)C1. The zero-order valence-electron chi connectivity index (χ0n) is 22.3. The van der Waals surface area contributed by atoms with Crippen LogP contribution in [0.25, 0.3) is 5.69 Å². The summed E-state index contributed by atoms with van der Waals surface area (Å²) in [5, 5.41) is 4.85. The molecule has 4 heterocycles. The predicted octanol–water partition coefficient (Wildman–Crippen LogP) is 7.98. The molecular weight excluding hydrogens is 564 g/mol. The Bertz CT molecular complexity index is 1530. The second-order valence-electron chi connectivity index (χ2n) is 10.9. The molecule has 2 aromatic heterocycles. The Balaban J connectivity index is 1.43. The Kier molecular flexibility index (Phi) is 7.46. The van der Waals surface area contributed by atoms with Crippen LogP contribution in [0.5, 0.6) is 0 Å². The van der Waals surface area contributed by atoms with E-state index in [1.165, 1.54) is 12.5 Å². The molecule has 0 aliphatic carbocycles. The Hall–Kier alpha value is -3.13. The number of halogens is 3. The molecule has 4 atom stereocenters. The van der Waals surface area contributed by atoms with Gasteiger partial charge in [0.25, 0.3) is 0 Å². The second kappa shape index (κ2) is 11.0. The van der Waals surface area contributed by atoms with Crippen molar-refractivity contribution in [2.45, 2.75) is 32.4 Å². The summed E-state index contributed by atoms with van der Waals surface area (Å²) in [6.07, 6.45) is 4.96. The summed E-state index contributed by atoms with van der Waals surface area (Å²) in [4.78, 5) is 9.15. The number of aromatic nitrogens is 2. The van der Waals surface area contributed by atoms with Gasteiger partial charge in [0.05, 0.1) is 27.5 Å². The number of hydrogen-bond acceptors (Lipinski definition) is 3. The van der Waals surface area contributed by atoms with Gasteiger partial charge >= 0.3 is 0 Å². The molecule has 2 aliphatic rings. The van der Waals surface area contributed by atoms with Crippen molar-refractivity contribution in [1.29, 1.82) is 0 Å². The summed E-state index contributed by atoms with van der Waals surface area (Å²) in [7, 11) is 0. The Morgan fingerprint density at radius 1 is 0.925 bits per heavy atom. The molecule has 0 unspecified atom stereocenters. The fourth-order valence-corrected chi connectivity index (χ4v) is 7.02. The number of nitrogens with zero attached hydrogens (tertiary/aromatic N) is 4. The van der Waals surface area contributed by atoms with Crippen LogP contribution in [-0.4, -0.2) is 27.8 Å². The first-order valence-corrected chi connectivity index (χ1v) is 14.6. The number of anilines is 2. The molecule has 0 bridgehead atoms. The molecule has 2 fully saturated rings. The lowest BCUT2D eigenvalue weighted by atomic mass is 9.91. The molecule has 0 saturated carbocycles. The maximum atomic E-state index is 14.0. The molecule has 1 N–H and O–H groups in total. The number of rotatable bonds is 5. The van der Waals surface area contributed by atoms with E-state index in [1.54, 1.807) is 18.3 Å². The van der Waals surface area contributed by atoms with Crippen LogP contribution < -0.4 is 15.1 Å². The van der Waals surface area contributed by atoms with Crippen LogP contribution in [-0.2, 0) is 0 Å². The van der Waals surface area contributed by atoms with Gasteiger partial charge in [-0.1, -0.05) is 43.1 Å². The highest BCUT2D eigenvalue weighted by molar-refractivity contribution is 7.80. The number of hydrogen-bond donors (Lipinski definition) is 1. The highest BCUT2D eigenvalue weighted by Gasteiger charge is 2.42. The fourth-order valence-electron chi connectivity index (χ4n) is 6.20. The Morgan fingerprint density at radius 3 is 2.38 bits per heavy atom. The molecule has 0 amide bonds. The molecule has 40 heavy (non-hydrogen) atoms. The minimum Gasteiger partial charge on any atom is -0.370 e. The van der Waals surface area contributed by atoms with Crippen molar-refractivity contribution in [3.63, 3.8) is 0 Å². The van der Waals surface area contributed by atoms with Crippen LogP contribution >= 0.6 is 35.4 Å². The van der Waals surface area contributed by atoms with Gasteiger partial charge in [-0.05, 0) is 91.1 Å². The summed E-state index contributed by atoms with van der Waals surface area (Å²) >= 11 is 19.1. The topological polar surface area (TPSA) is 36.3 Å². The maximum absolute atomic E-state index is 14.0. The van der Waals surface area contributed by atoms with Crippen LogP contribution in [0.1, 0.15) is 43.7 Å². The van der Waals surface area contributed by atoms with Gasteiger partial charge in [-0.2, -0.15) is 0 Å². The fraction of sp³-hybridized carbons (Fsp3) is 0.290. The first-order chi connectivity index (χ1) is 19.3. The molecule has 4 aromatic rings. The van der Waals surface area contributed by atoms with Crippen molar-refractivity contribution in [2.75, 3.05) is 22.9 Å². The summed E-state index contributed by atoms with van der Waals surface area (Å²) in [5.74, 6) is 0.778. The minimum atomic E-state index is -0.456. The van der Waals surface area contributed by atoms with Crippen molar-refractivity contribution in [2.24, 2.45) is 11.8 Å². The van der Waals surface area contributed by atoms with E-state index in [4.69, 9.17) is 35.4 Å². The van der Waals surface area contributed by atoms with E-state index in [9.17, 15) is 4.39 Å². The van der Waals surface area contributed by atoms with Crippen LogP contribution in [0, 0.1) is 17.7 Å². The lowest BCUT2D eigenvalue weighted by Gasteiger charge is -2.37. The maximum Gasteiger partial charge on any atom is 0.174 e. The van der Waals surface area contributed by atoms with Crippen molar-refractivity contribution >= 4 is 51.9 Å². The molecule has 0 radical (unpaired) electrons. The second-order valence-corrected chi connectivity index (χ2v) is 12.1. The van der Waals surface area contributed by atoms with Gasteiger partial charge in [-0.25, -0.2) is 4.39 Å². The van der Waals surface area contributed by atoms with Gasteiger partial charge in [0.15, 0.2) is 5.11 Å². The smallest absolute Gasteiger partial charge is 0.174 e. The third kappa shape index (κ3) is 5.06. The largest absolute Gasteiger partial charge is 0.370 e. The average Bonchev–Trinajstić information content (AvgIpc) is 3.54. The van der Waals surface area contributed by atoms with Gasteiger partial charge < -0.3 is 19.7 Å². The highest BCUT2D eigenvalue weighted by Crippen LogP contribution is 2.44. The van der Waals surface area contributed by atoms with Crippen LogP contribution in [0.4, 0.5) is 15.8 Å². The molecule has 2 aliphatic heterocycles. The lowest BCUT2D eigenvalue weighted by molar-refractivity contribution is 0.357. The molecule has 9 heteroatoms. The van der Waals surface area contributed by atoms with Crippen molar-refractivity contribution in [1.82, 2.24) is 14.9 Å². The zero-order valence-corrected chi connectivity index (χ0v) is 24.6. The predicted molar refractivity (Wildman–Crippen MR) is 165 cm³/mol. The number of thiocarbonyl (C=S) groups is 1. The first kappa shape index (κ1) is 27.1. The van der Waals surface area contributed by atoms with E-state index in [1.807, 2.05) is 47.2 Å². The normalized spacial score (nSPS) is 23.0. The van der Waals surface area contributed by atoms with E-state index >= 15 is 0 Å². The molecule has 5 nitrogen and oxygen atoms in total. The number of nitrogens with one attached hydrogen (secondary N) is 1. The molecule has 206 valence electrons. The molecule has 0 spiro atoms. The van der Waals surface area contributed by atoms with Crippen LogP contribution in [0.2, 0.25) is 10.0 Å². The van der Waals surface area contributed by atoms with E-state index in [-0.39, 0.29) is 17.1 Å². The average molecular weight is 595 g/mol. The van der Waals surface area contributed by atoms with E-state index < -0.39 is 5.82 Å². The number of benzene rings is 2. The summed E-state index contributed by atoms with van der Waals surface area (Å²) in [6.45, 7) is 6.58. The summed E-state index contributed by atoms with van der Waals surface area (Å²) in [5.41, 5.74) is 4.50. The van der Waals surface area contributed by atoms with Crippen molar-refractivity contribution in [3.8, 4) is 5.69 Å². The first-order valence-electron chi connectivity index (χ1n) is 13.5. The van der Waals surface area contributed by atoms with Gasteiger partial charge in [0, 0.05) is 42.6 Å². The lowest BCUT2D eigenvalue weighted by Crippen LogP contribution is -2.38. The molecule has 2 saturated heterocycles. The van der Waals surface area contributed by atoms with Gasteiger partial charge in [0.2, 0.25) is 0 Å². The zero-order chi connectivity index (χ0) is 28.0. The van der Waals surface area contributed by atoms with Crippen LogP contribution in [0.15, 0.2) is 79.1 Å². The Labute approximate surface area is 249 Å². The monoisotopic (exact) mass is 593 g/mol. The van der Waals surface area contributed by atoms with Crippen LogP contribution in [0.3, 0.4) is 0 Å². The molecule has 6 rings (SSSR count). The minimum absolute atomic E-state index is 0.0686. The van der Waals surface area contributed by atoms with Gasteiger partial charge in [0.1, 0.15) is 11.9 Å². The van der Waals surface area contributed by atoms with Crippen molar-refractivity contribution in [3.05, 3.63) is 106 Å². The standard InChI is InChI=1S/C31H30Cl2FN5S/c1-19-14-20(2)18-37(17-19)27-11-9-22(16-24(27)33)39-30(29(36-31(39)40)26-6-3-4-12-35-26)28-7-5-13-38(28)21-8-10-25(34)23(32)15-21/h3-13,15-16,19-20,29-30H,14,17-18H2,1-2H3,(H,36,40)/t19-,20+,29-,30-/m0/s1.